The Kier molecular flexibility index (Phi) is 3.29. The molecular formula is C12H12BrN3. The molecule has 0 bridgehead atoms. The first-order valence-electron chi connectivity index (χ1n) is 5.11. The molecule has 2 heterocycles. The van der Waals surface area contributed by atoms with Crippen molar-refractivity contribution in [2.45, 2.75) is 19.8 Å². The summed E-state index contributed by atoms with van der Waals surface area (Å²) in [6.07, 6.45) is 3.53. The number of hydrogen-bond donors (Lipinski definition) is 0. The van der Waals surface area contributed by atoms with Crippen LogP contribution in [0.25, 0.3) is 11.3 Å². The summed E-state index contributed by atoms with van der Waals surface area (Å²) in [6, 6.07) is 5.80. The molecule has 3 nitrogen and oxygen atoms in total. The zero-order valence-electron chi connectivity index (χ0n) is 9.18. The summed E-state index contributed by atoms with van der Waals surface area (Å²) in [5, 5.41) is 0. The van der Waals surface area contributed by atoms with E-state index in [1.54, 1.807) is 12.4 Å². The second-order valence-corrected chi connectivity index (χ2v) is 4.64. The highest BCUT2D eigenvalue weighted by molar-refractivity contribution is 9.10. The van der Waals surface area contributed by atoms with Crippen LogP contribution in [-0.2, 0) is 0 Å². The lowest BCUT2D eigenvalue weighted by Gasteiger charge is -2.07. The molecule has 2 aromatic heterocycles. The minimum Gasteiger partial charge on any atom is -0.265 e. The summed E-state index contributed by atoms with van der Waals surface area (Å²) in [4.78, 5) is 12.9. The number of halogens is 1. The van der Waals surface area contributed by atoms with Crippen molar-refractivity contribution in [2.24, 2.45) is 0 Å². The average Bonchev–Trinajstić information content (AvgIpc) is 2.29. The Bertz CT molecular complexity index is 483. The first-order valence-corrected chi connectivity index (χ1v) is 5.91. The minimum absolute atomic E-state index is 0.318. The third-order valence-corrected chi connectivity index (χ3v) is 2.61. The van der Waals surface area contributed by atoms with Crippen molar-refractivity contribution in [3.8, 4) is 11.3 Å². The van der Waals surface area contributed by atoms with Gasteiger partial charge in [0.25, 0.3) is 0 Å². The summed E-state index contributed by atoms with van der Waals surface area (Å²) in [5.41, 5.74) is 1.98. The van der Waals surface area contributed by atoms with Gasteiger partial charge in [-0.3, -0.25) is 4.98 Å². The van der Waals surface area contributed by atoms with Gasteiger partial charge in [-0.25, -0.2) is 9.97 Å². The molecule has 0 aliphatic heterocycles. The van der Waals surface area contributed by atoms with Crippen LogP contribution < -0.4 is 0 Å². The molecular weight excluding hydrogens is 266 g/mol. The Balaban J connectivity index is 2.50. The second kappa shape index (κ2) is 4.70. The number of hydrogen-bond acceptors (Lipinski definition) is 3. The van der Waals surface area contributed by atoms with Crippen LogP contribution in [0.1, 0.15) is 25.6 Å². The van der Waals surface area contributed by atoms with Gasteiger partial charge in [-0.15, -0.1) is 0 Å². The lowest BCUT2D eigenvalue weighted by molar-refractivity contribution is 0.771. The van der Waals surface area contributed by atoms with Gasteiger partial charge in [-0.1, -0.05) is 13.8 Å². The van der Waals surface area contributed by atoms with Gasteiger partial charge in [0.15, 0.2) is 0 Å². The SMILES string of the molecule is CC(C)c1nc(Br)cc(-c2ccncc2)n1. The highest BCUT2D eigenvalue weighted by Gasteiger charge is 2.07. The molecule has 0 unspecified atom stereocenters. The van der Waals surface area contributed by atoms with Crippen LogP contribution in [0.2, 0.25) is 0 Å². The van der Waals surface area contributed by atoms with Crippen molar-refractivity contribution in [2.75, 3.05) is 0 Å². The normalized spacial score (nSPS) is 10.8. The van der Waals surface area contributed by atoms with E-state index in [9.17, 15) is 0 Å². The van der Waals surface area contributed by atoms with Crippen molar-refractivity contribution in [3.05, 3.63) is 41.0 Å². The molecule has 0 aromatic carbocycles. The molecule has 0 aliphatic rings. The van der Waals surface area contributed by atoms with Crippen molar-refractivity contribution in [1.29, 1.82) is 0 Å². The summed E-state index contributed by atoms with van der Waals surface area (Å²) < 4.78 is 0.818. The molecule has 0 aliphatic carbocycles. The summed E-state index contributed by atoms with van der Waals surface area (Å²) in [5.74, 6) is 1.17. The molecule has 0 spiro atoms. The summed E-state index contributed by atoms with van der Waals surface area (Å²) in [7, 11) is 0. The van der Waals surface area contributed by atoms with E-state index in [1.165, 1.54) is 0 Å². The van der Waals surface area contributed by atoms with E-state index in [2.05, 4.69) is 44.7 Å². The Morgan fingerprint density at radius 3 is 2.44 bits per heavy atom. The molecule has 0 saturated heterocycles. The van der Waals surface area contributed by atoms with Gasteiger partial charge in [-0.2, -0.15) is 0 Å². The van der Waals surface area contributed by atoms with Crippen LogP contribution in [0.15, 0.2) is 35.2 Å². The maximum Gasteiger partial charge on any atom is 0.132 e. The fraction of sp³-hybridized carbons (Fsp3) is 0.250. The lowest BCUT2D eigenvalue weighted by Crippen LogP contribution is -1.99. The molecule has 2 rings (SSSR count). The Hall–Kier alpha value is -1.29. The molecule has 16 heavy (non-hydrogen) atoms. The van der Waals surface area contributed by atoms with Gasteiger partial charge in [0.1, 0.15) is 10.4 Å². The van der Waals surface area contributed by atoms with Crippen LogP contribution >= 0.6 is 15.9 Å². The van der Waals surface area contributed by atoms with Gasteiger partial charge in [0.05, 0.1) is 5.69 Å². The first kappa shape index (κ1) is 11.2. The number of pyridine rings is 1. The molecule has 0 amide bonds. The van der Waals surface area contributed by atoms with Crippen LogP contribution in [-0.4, -0.2) is 15.0 Å². The van der Waals surface area contributed by atoms with Gasteiger partial charge in [0, 0.05) is 23.9 Å². The second-order valence-electron chi connectivity index (χ2n) is 3.82. The maximum absolute atomic E-state index is 4.53. The van der Waals surface area contributed by atoms with E-state index in [0.29, 0.717) is 5.92 Å². The molecule has 0 fully saturated rings. The minimum atomic E-state index is 0.318. The van der Waals surface area contributed by atoms with Crippen LogP contribution in [0.4, 0.5) is 0 Å². The third kappa shape index (κ3) is 2.44. The van der Waals surface area contributed by atoms with Crippen molar-refractivity contribution < 1.29 is 0 Å². The van der Waals surface area contributed by atoms with Gasteiger partial charge >= 0.3 is 0 Å². The topological polar surface area (TPSA) is 38.7 Å². The zero-order chi connectivity index (χ0) is 11.5. The molecule has 4 heteroatoms. The van der Waals surface area contributed by atoms with Crippen molar-refractivity contribution >= 4 is 15.9 Å². The highest BCUT2D eigenvalue weighted by Crippen LogP contribution is 2.21. The van der Waals surface area contributed by atoms with E-state index in [1.807, 2.05) is 18.2 Å². The highest BCUT2D eigenvalue weighted by atomic mass is 79.9. The van der Waals surface area contributed by atoms with Crippen LogP contribution in [0, 0.1) is 0 Å². The Morgan fingerprint density at radius 2 is 1.81 bits per heavy atom. The van der Waals surface area contributed by atoms with Gasteiger partial charge < -0.3 is 0 Å². The zero-order valence-corrected chi connectivity index (χ0v) is 10.8. The van der Waals surface area contributed by atoms with Gasteiger partial charge in [0.2, 0.25) is 0 Å². The quantitative estimate of drug-likeness (QED) is 0.790. The predicted molar refractivity (Wildman–Crippen MR) is 67.1 cm³/mol. The predicted octanol–water partition coefficient (Wildman–Crippen LogP) is 3.42. The van der Waals surface area contributed by atoms with E-state index in [4.69, 9.17) is 0 Å². The molecule has 0 atom stereocenters. The van der Waals surface area contributed by atoms with E-state index >= 15 is 0 Å². The van der Waals surface area contributed by atoms with Crippen LogP contribution in [0.3, 0.4) is 0 Å². The number of nitrogens with zero attached hydrogens (tertiary/aromatic N) is 3. The summed E-state index contributed by atoms with van der Waals surface area (Å²) >= 11 is 3.41. The molecule has 0 N–H and O–H groups in total. The van der Waals surface area contributed by atoms with Crippen molar-refractivity contribution in [3.63, 3.8) is 0 Å². The molecule has 0 saturated carbocycles. The number of rotatable bonds is 2. The lowest BCUT2D eigenvalue weighted by atomic mass is 10.1. The fourth-order valence-corrected chi connectivity index (χ4v) is 1.76. The first-order chi connectivity index (χ1) is 7.66. The van der Waals surface area contributed by atoms with Crippen LogP contribution in [0.5, 0.6) is 0 Å². The van der Waals surface area contributed by atoms with E-state index in [0.717, 1.165) is 21.7 Å². The van der Waals surface area contributed by atoms with Crippen molar-refractivity contribution in [1.82, 2.24) is 15.0 Å². The smallest absolute Gasteiger partial charge is 0.132 e. The average molecular weight is 278 g/mol. The standard InChI is InChI=1S/C12H12BrN3/c1-8(2)12-15-10(7-11(13)16-12)9-3-5-14-6-4-9/h3-8H,1-2H3. The third-order valence-electron chi connectivity index (χ3n) is 2.20. The largest absolute Gasteiger partial charge is 0.265 e. The van der Waals surface area contributed by atoms with E-state index < -0.39 is 0 Å². The number of aromatic nitrogens is 3. The summed E-state index contributed by atoms with van der Waals surface area (Å²) in [6.45, 7) is 4.16. The fourth-order valence-electron chi connectivity index (χ4n) is 1.36. The Morgan fingerprint density at radius 1 is 1.12 bits per heavy atom. The van der Waals surface area contributed by atoms with E-state index in [-0.39, 0.29) is 0 Å². The monoisotopic (exact) mass is 277 g/mol. The maximum atomic E-state index is 4.53. The Labute approximate surface area is 103 Å². The molecule has 0 radical (unpaired) electrons. The molecule has 82 valence electrons. The molecule has 2 aromatic rings. The van der Waals surface area contributed by atoms with Gasteiger partial charge in [-0.05, 0) is 34.1 Å².